The van der Waals surface area contributed by atoms with Gasteiger partial charge in [0.15, 0.2) is 0 Å². The Kier molecular flexibility index (Phi) is 1.55. The van der Waals surface area contributed by atoms with Crippen molar-refractivity contribution in [3.63, 3.8) is 0 Å². The van der Waals surface area contributed by atoms with Gasteiger partial charge in [0.1, 0.15) is 11.6 Å². The van der Waals surface area contributed by atoms with Crippen molar-refractivity contribution in [3.8, 4) is 0 Å². The Balaban J connectivity index is 2.22. The topological polar surface area (TPSA) is 34.1 Å². The second kappa shape index (κ2) is 2.43. The molecule has 0 saturated heterocycles. The van der Waals surface area contributed by atoms with Gasteiger partial charge in [0.25, 0.3) is 0 Å². The van der Waals surface area contributed by atoms with Crippen LogP contribution in [0.3, 0.4) is 0 Å². The van der Waals surface area contributed by atoms with Crippen molar-refractivity contribution in [2.45, 2.75) is 32.1 Å². The van der Waals surface area contributed by atoms with Crippen LogP contribution < -0.4 is 0 Å². The molecule has 0 N–H and O–H groups in total. The molecule has 0 heterocycles. The summed E-state index contributed by atoms with van der Waals surface area (Å²) in [5.41, 5.74) is 0. The van der Waals surface area contributed by atoms with E-state index in [1.54, 1.807) is 0 Å². The Morgan fingerprint density at radius 3 is 2.64 bits per heavy atom. The van der Waals surface area contributed by atoms with Crippen LogP contribution in [0.15, 0.2) is 0 Å². The molecule has 2 fully saturated rings. The van der Waals surface area contributed by atoms with Gasteiger partial charge in [-0.2, -0.15) is 0 Å². The zero-order chi connectivity index (χ0) is 7.84. The molecule has 2 heteroatoms. The number of Topliss-reactive ketones (excluding diaryl/α,β-unsaturated/α-hetero) is 2. The van der Waals surface area contributed by atoms with Gasteiger partial charge in [-0.1, -0.05) is 6.42 Å². The highest BCUT2D eigenvalue weighted by atomic mass is 16.2. The molecule has 2 saturated carbocycles. The number of rotatable bonds is 0. The average molecular weight is 152 g/mol. The summed E-state index contributed by atoms with van der Waals surface area (Å²) in [6.45, 7) is 0. The van der Waals surface area contributed by atoms with Gasteiger partial charge in [0.05, 0.1) is 5.92 Å². The summed E-state index contributed by atoms with van der Waals surface area (Å²) < 4.78 is 0. The second-order valence-corrected chi connectivity index (χ2v) is 3.59. The normalized spacial score (nSPS) is 37.5. The molecule has 0 aromatic carbocycles. The lowest BCUT2D eigenvalue weighted by Crippen LogP contribution is -2.38. The molecule has 2 atom stereocenters. The van der Waals surface area contributed by atoms with Gasteiger partial charge >= 0.3 is 0 Å². The van der Waals surface area contributed by atoms with Gasteiger partial charge in [-0.15, -0.1) is 0 Å². The maximum atomic E-state index is 11.4. The van der Waals surface area contributed by atoms with Gasteiger partial charge < -0.3 is 0 Å². The van der Waals surface area contributed by atoms with E-state index in [4.69, 9.17) is 0 Å². The van der Waals surface area contributed by atoms with Gasteiger partial charge in [-0.3, -0.25) is 9.59 Å². The van der Waals surface area contributed by atoms with Crippen LogP contribution in [0.2, 0.25) is 0 Å². The average Bonchev–Trinajstić information content (AvgIpc) is 1.98. The first kappa shape index (κ1) is 7.01. The van der Waals surface area contributed by atoms with E-state index in [2.05, 4.69) is 0 Å². The molecule has 60 valence electrons. The minimum Gasteiger partial charge on any atom is -0.299 e. The van der Waals surface area contributed by atoms with Crippen molar-refractivity contribution >= 4 is 11.6 Å². The summed E-state index contributed by atoms with van der Waals surface area (Å²) in [7, 11) is 0. The third kappa shape index (κ3) is 1.01. The Morgan fingerprint density at radius 2 is 1.91 bits per heavy atom. The summed E-state index contributed by atoms with van der Waals surface area (Å²) in [5, 5.41) is 0. The molecule has 0 unspecified atom stereocenters. The van der Waals surface area contributed by atoms with Gasteiger partial charge in [0.2, 0.25) is 0 Å². The van der Waals surface area contributed by atoms with E-state index < -0.39 is 0 Å². The third-order valence-corrected chi connectivity index (χ3v) is 2.92. The molecule has 2 rings (SSSR count). The zero-order valence-corrected chi connectivity index (χ0v) is 6.51. The molecule has 0 aromatic heterocycles. The molecule has 2 bridgehead atoms. The minimum absolute atomic E-state index is 0.192. The highest BCUT2D eigenvalue weighted by Crippen LogP contribution is 2.34. The predicted octanol–water partition coefficient (Wildman–Crippen LogP) is 1.33. The van der Waals surface area contributed by atoms with E-state index in [0.717, 1.165) is 25.7 Å². The van der Waals surface area contributed by atoms with Crippen molar-refractivity contribution in [2.24, 2.45) is 11.8 Å². The number of hydrogen-bond acceptors (Lipinski definition) is 2. The van der Waals surface area contributed by atoms with Crippen LogP contribution >= 0.6 is 0 Å². The number of carbonyl (C=O) groups excluding carboxylic acids is 2. The van der Waals surface area contributed by atoms with Crippen molar-refractivity contribution in [1.82, 2.24) is 0 Å². The van der Waals surface area contributed by atoms with Crippen molar-refractivity contribution in [3.05, 3.63) is 0 Å². The van der Waals surface area contributed by atoms with Crippen LogP contribution in [0.1, 0.15) is 32.1 Å². The van der Waals surface area contributed by atoms with Gasteiger partial charge in [0, 0.05) is 12.3 Å². The van der Waals surface area contributed by atoms with Crippen molar-refractivity contribution in [2.75, 3.05) is 0 Å². The lowest BCUT2D eigenvalue weighted by Gasteiger charge is -2.31. The Morgan fingerprint density at radius 1 is 1.09 bits per heavy atom. The van der Waals surface area contributed by atoms with E-state index in [9.17, 15) is 9.59 Å². The smallest absolute Gasteiger partial charge is 0.146 e. The lowest BCUT2D eigenvalue weighted by molar-refractivity contribution is -0.141. The summed E-state index contributed by atoms with van der Waals surface area (Å²) >= 11 is 0. The Hall–Kier alpha value is -0.660. The van der Waals surface area contributed by atoms with E-state index in [-0.39, 0.29) is 23.4 Å². The SMILES string of the molecule is O=C1CC[C@H]2CCC[C@H]1C2=O. The maximum Gasteiger partial charge on any atom is 0.146 e. The fourth-order valence-corrected chi connectivity index (χ4v) is 2.23. The van der Waals surface area contributed by atoms with Crippen LogP contribution in [0.5, 0.6) is 0 Å². The van der Waals surface area contributed by atoms with Crippen LogP contribution in [0.25, 0.3) is 0 Å². The number of fused-ring (bicyclic) bond motifs is 2. The molecular weight excluding hydrogens is 140 g/mol. The highest BCUT2D eigenvalue weighted by Gasteiger charge is 2.39. The van der Waals surface area contributed by atoms with Crippen molar-refractivity contribution in [1.29, 1.82) is 0 Å². The molecule has 2 aliphatic carbocycles. The number of ketones is 2. The van der Waals surface area contributed by atoms with Crippen LogP contribution in [0.4, 0.5) is 0 Å². The Labute approximate surface area is 66.0 Å². The molecule has 0 spiro atoms. The standard InChI is InChI=1S/C9H12O2/c10-8-5-4-6-2-1-3-7(8)9(6)11/h6-7H,1-5H2/t6-,7-/m1/s1. The third-order valence-electron chi connectivity index (χ3n) is 2.92. The molecule has 0 aliphatic heterocycles. The van der Waals surface area contributed by atoms with E-state index in [0.29, 0.717) is 6.42 Å². The summed E-state index contributed by atoms with van der Waals surface area (Å²) in [5.74, 6) is 0.493. The van der Waals surface area contributed by atoms with Gasteiger partial charge in [-0.25, -0.2) is 0 Å². The molecule has 0 amide bonds. The molecule has 0 aromatic rings. The first-order chi connectivity index (χ1) is 5.29. The fraction of sp³-hybridized carbons (Fsp3) is 0.778. The summed E-state index contributed by atoms with van der Waals surface area (Å²) in [6.07, 6.45) is 4.42. The first-order valence-electron chi connectivity index (χ1n) is 4.35. The Bertz CT molecular complexity index is 208. The lowest BCUT2D eigenvalue weighted by atomic mass is 9.71. The molecule has 11 heavy (non-hydrogen) atoms. The van der Waals surface area contributed by atoms with Gasteiger partial charge in [-0.05, 0) is 19.3 Å². The second-order valence-electron chi connectivity index (χ2n) is 3.59. The number of carbonyl (C=O) groups is 2. The summed E-state index contributed by atoms with van der Waals surface area (Å²) in [6, 6.07) is 0. The predicted molar refractivity (Wildman–Crippen MR) is 40.1 cm³/mol. The maximum absolute atomic E-state index is 11.4. The largest absolute Gasteiger partial charge is 0.299 e. The molecule has 0 radical (unpaired) electrons. The highest BCUT2D eigenvalue weighted by molar-refractivity contribution is 6.05. The van der Waals surface area contributed by atoms with E-state index in [1.165, 1.54) is 0 Å². The van der Waals surface area contributed by atoms with Crippen molar-refractivity contribution < 1.29 is 9.59 Å². The monoisotopic (exact) mass is 152 g/mol. The minimum atomic E-state index is -0.192. The molecule has 2 nitrogen and oxygen atoms in total. The summed E-state index contributed by atoms with van der Waals surface area (Å²) in [4.78, 5) is 22.6. The number of hydrogen-bond donors (Lipinski definition) is 0. The van der Waals surface area contributed by atoms with Crippen LogP contribution in [-0.2, 0) is 9.59 Å². The van der Waals surface area contributed by atoms with Crippen LogP contribution in [-0.4, -0.2) is 11.6 Å². The van der Waals surface area contributed by atoms with Crippen LogP contribution in [0, 0.1) is 11.8 Å². The van der Waals surface area contributed by atoms with E-state index >= 15 is 0 Å². The molecule has 2 aliphatic rings. The van der Waals surface area contributed by atoms with E-state index in [1.807, 2.05) is 0 Å². The molecular formula is C9H12O2. The quantitative estimate of drug-likeness (QED) is 0.491. The fourth-order valence-electron chi connectivity index (χ4n) is 2.23. The first-order valence-corrected chi connectivity index (χ1v) is 4.35. The zero-order valence-electron chi connectivity index (χ0n) is 6.51.